The highest BCUT2D eigenvalue weighted by Crippen LogP contribution is 2.25. The first kappa shape index (κ1) is 17.9. The molecule has 0 atom stereocenters. The number of nitrogens with zero attached hydrogens (tertiary/aromatic N) is 2. The highest BCUT2D eigenvalue weighted by molar-refractivity contribution is 6.08. The lowest BCUT2D eigenvalue weighted by Gasteiger charge is -2.17. The number of benzene rings is 2. The summed E-state index contributed by atoms with van der Waals surface area (Å²) in [5.74, 6) is -0.904. The summed E-state index contributed by atoms with van der Waals surface area (Å²) < 4.78 is 0. The zero-order chi connectivity index (χ0) is 18.6. The number of anilines is 2. The summed E-state index contributed by atoms with van der Waals surface area (Å²) >= 11 is 0. The standard InChI is InChI=1S/C17H18N4O4/c1-20(2)15-8-7-13(21(24)25)10-14(15)17(23)19-12-5-3-11(4-6-12)9-16(18)22/h3-8,10H,9H2,1-2H3,(H2,18,22)(H,19,23). The van der Waals surface area contributed by atoms with Crippen molar-refractivity contribution in [1.29, 1.82) is 0 Å². The molecule has 25 heavy (non-hydrogen) atoms. The second-order valence-electron chi connectivity index (χ2n) is 5.65. The number of primary amides is 1. The third-order valence-corrected chi connectivity index (χ3v) is 3.51. The van der Waals surface area contributed by atoms with E-state index in [9.17, 15) is 19.7 Å². The molecule has 2 amide bonds. The van der Waals surface area contributed by atoms with Crippen LogP contribution in [-0.4, -0.2) is 30.8 Å². The van der Waals surface area contributed by atoms with Crippen molar-refractivity contribution < 1.29 is 14.5 Å². The van der Waals surface area contributed by atoms with Crippen LogP contribution in [0.1, 0.15) is 15.9 Å². The maximum absolute atomic E-state index is 12.5. The number of amides is 2. The lowest BCUT2D eigenvalue weighted by Crippen LogP contribution is -2.19. The van der Waals surface area contributed by atoms with Gasteiger partial charge in [0.2, 0.25) is 5.91 Å². The van der Waals surface area contributed by atoms with Gasteiger partial charge < -0.3 is 16.0 Å². The fraction of sp³-hybridized carbons (Fsp3) is 0.176. The molecule has 0 unspecified atom stereocenters. The molecule has 0 aliphatic rings. The predicted molar refractivity (Wildman–Crippen MR) is 94.7 cm³/mol. The molecule has 0 saturated carbocycles. The summed E-state index contributed by atoms with van der Waals surface area (Å²) in [6.07, 6.45) is 0.115. The Balaban J connectivity index is 2.26. The van der Waals surface area contributed by atoms with Crippen molar-refractivity contribution in [2.45, 2.75) is 6.42 Å². The SMILES string of the molecule is CN(C)c1ccc([N+](=O)[O-])cc1C(=O)Nc1ccc(CC(N)=O)cc1. The number of nitrogens with one attached hydrogen (secondary N) is 1. The first-order valence-corrected chi connectivity index (χ1v) is 7.42. The Morgan fingerprint density at radius 2 is 1.80 bits per heavy atom. The maximum Gasteiger partial charge on any atom is 0.270 e. The monoisotopic (exact) mass is 342 g/mol. The van der Waals surface area contributed by atoms with Gasteiger partial charge in [-0.2, -0.15) is 0 Å². The summed E-state index contributed by atoms with van der Waals surface area (Å²) in [5.41, 5.74) is 6.97. The fourth-order valence-electron chi connectivity index (χ4n) is 2.31. The van der Waals surface area contributed by atoms with E-state index >= 15 is 0 Å². The van der Waals surface area contributed by atoms with E-state index in [-0.39, 0.29) is 17.7 Å². The minimum atomic E-state index is -0.547. The molecule has 0 aromatic heterocycles. The Bertz CT molecular complexity index is 816. The van der Waals surface area contributed by atoms with E-state index in [1.54, 1.807) is 43.3 Å². The van der Waals surface area contributed by atoms with E-state index in [0.29, 0.717) is 11.4 Å². The van der Waals surface area contributed by atoms with Gasteiger partial charge >= 0.3 is 0 Å². The first-order valence-electron chi connectivity index (χ1n) is 7.42. The second-order valence-corrected chi connectivity index (χ2v) is 5.65. The highest BCUT2D eigenvalue weighted by atomic mass is 16.6. The molecule has 0 saturated heterocycles. The fourth-order valence-corrected chi connectivity index (χ4v) is 2.31. The minimum absolute atomic E-state index is 0.115. The molecule has 0 fully saturated rings. The lowest BCUT2D eigenvalue weighted by molar-refractivity contribution is -0.384. The Morgan fingerprint density at radius 1 is 1.16 bits per heavy atom. The van der Waals surface area contributed by atoms with E-state index in [1.165, 1.54) is 18.2 Å². The van der Waals surface area contributed by atoms with Crippen molar-refractivity contribution in [3.05, 3.63) is 63.7 Å². The quantitative estimate of drug-likeness (QED) is 0.614. The predicted octanol–water partition coefficient (Wildman–Crippen LogP) is 1.94. The van der Waals surface area contributed by atoms with Gasteiger partial charge in [-0.3, -0.25) is 19.7 Å². The van der Waals surface area contributed by atoms with Crippen molar-refractivity contribution in [2.24, 2.45) is 5.73 Å². The third kappa shape index (κ3) is 4.54. The summed E-state index contributed by atoms with van der Waals surface area (Å²) in [5, 5.41) is 13.7. The molecule has 0 radical (unpaired) electrons. The molecule has 130 valence electrons. The largest absolute Gasteiger partial charge is 0.377 e. The zero-order valence-corrected chi connectivity index (χ0v) is 13.9. The summed E-state index contributed by atoms with van der Waals surface area (Å²) in [7, 11) is 3.49. The lowest BCUT2D eigenvalue weighted by atomic mass is 10.1. The molecular formula is C17H18N4O4. The molecule has 8 heteroatoms. The molecule has 2 aromatic carbocycles. The average Bonchev–Trinajstić information content (AvgIpc) is 2.55. The molecule has 0 spiro atoms. The van der Waals surface area contributed by atoms with Crippen molar-refractivity contribution in [1.82, 2.24) is 0 Å². The number of carbonyl (C=O) groups is 2. The van der Waals surface area contributed by atoms with E-state index in [2.05, 4.69) is 5.32 Å². The zero-order valence-electron chi connectivity index (χ0n) is 13.9. The van der Waals surface area contributed by atoms with E-state index < -0.39 is 16.7 Å². The van der Waals surface area contributed by atoms with Gasteiger partial charge in [0.05, 0.1) is 16.9 Å². The number of nitrogens with two attached hydrogens (primary N) is 1. The average molecular weight is 342 g/mol. The van der Waals surface area contributed by atoms with Gasteiger partial charge in [-0.25, -0.2) is 0 Å². The summed E-state index contributed by atoms with van der Waals surface area (Å²) in [6.45, 7) is 0. The van der Waals surface area contributed by atoms with Crippen LogP contribution in [0.15, 0.2) is 42.5 Å². The van der Waals surface area contributed by atoms with Crippen molar-refractivity contribution in [3.63, 3.8) is 0 Å². The second kappa shape index (κ2) is 7.43. The van der Waals surface area contributed by atoms with Crippen LogP contribution >= 0.6 is 0 Å². The molecule has 0 bridgehead atoms. The Morgan fingerprint density at radius 3 is 2.32 bits per heavy atom. The van der Waals surface area contributed by atoms with Crippen LogP contribution in [-0.2, 0) is 11.2 Å². The van der Waals surface area contributed by atoms with Crippen molar-refractivity contribution in [2.75, 3.05) is 24.3 Å². The summed E-state index contributed by atoms with van der Waals surface area (Å²) in [4.78, 5) is 35.6. The van der Waals surface area contributed by atoms with Crippen LogP contribution in [0.25, 0.3) is 0 Å². The molecule has 0 heterocycles. The number of non-ortho nitro benzene ring substituents is 1. The number of nitro benzene ring substituents is 1. The molecule has 2 rings (SSSR count). The maximum atomic E-state index is 12.5. The van der Waals surface area contributed by atoms with Crippen LogP contribution in [0.4, 0.5) is 17.1 Å². The Labute approximate surface area is 144 Å². The van der Waals surface area contributed by atoms with E-state index in [4.69, 9.17) is 5.73 Å². The van der Waals surface area contributed by atoms with E-state index in [1.807, 2.05) is 0 Å². The number of carbonyl (C=O) groups excluding carboxylic acids is 2. The van der Waals surface area contributed by atoms with Crippen LogP contribution in [0, 0.1) is 10.1 Å². The number of hydrogen-bond acceptors (Lipinski definition) is 5. The van der Waals surface area contributed by atoms with Crippen LogP contribution in [0.5, 0.6) is 0 Å². The van der Waals surface area contributed by atoms with Gasteiger partial charge in [0, 0.05) is 37.6 Å². The van der Waals surface area contributed by atoms with Gasteiger partial charge in [-0.1, -0.05) is 12.1 Å². The molecule has 8 nitrogen and oxygen atoms in total. The molecule has 0 aliphatic carbocycles. The number of rotatable bonds is 6. The van der Waals surface area contributed by atoms with Gasteiger partial charge in [0.1, 0.15) is 0 Å². The number of hydrogen-bond donors (Lipinski definition) is 2. The smallest absolute Gasteiger partial charge is 0.270 e. The van der Waals surface area contributed by atoms with Gasteiger partial charge in [-0.05, 0) is 23.8 Å². The van der Waals surface area contributed by atoms with E-state index in [0.717, 1.165) is 5.56 Å². The minimum Gasteiger partial charge on any atom is -0.377 e. The molecule has 0 aliphatic heterocycles. The molecular weight excluding hydrogens is 324 g/mol. The Hall–Kier alpha value is -3.42. The topological polar surface area (TPSA) is 119 Å². The summed E-state index contributed by atoms with van der Waals surface area (Å²) in [6, 6.07) is 10.8. The van der Waals surface area contributed by atoms with Gasteiger partial charge in [0.25, 0.3) is 11.6 Å². The van der Waals surface area contributed by atoms with Crippen LogP contribution < -0.4 is 16.0 Å². The number of nitro groups is 1. The molecule has 3 N–H and O–H groups in total. The van der Waals surface area contributed by atoms with Crippen molar-refractivity contribution in [3.8, 4) is 0 Å². The van der Waals surface area contributed by atoms with Gasteiger partial charge in [0.15, 0.2) is 0 Å². The normalized spacial score (nSPS) is 10.2. The van der Waals surface area contributed by atoms with Crippen LogP contribution in [0.2, 0.25) is 0 Å². The molecule has 2 aromatic rings. The van der Waals surface area contributed by atoms with Crippen molar-refractivity contribution >= 4 is 28.9 Å². The Kier molecular flexibility index (Phi) is 5.33. The third-order valence-electron chi connectivity index (χ3n) is 3.51. The van der Waals surface area contributed by atoms with Crippen LogP contribution in [0.3, 0.4) is 0 Å². The van der Waals surface area contributed by atoms with Gasteiger partial charge in [-0.15, -0.1) is 0 Å². The highest BCUT2D eigenvalue weighted by Gasteiger charge is 2.18. The first-order chi connectivity index (χ1) is 11.8.